The number of carbonyl (C=O) groups excluding carboxylic acids is 1. The summed E-state index contributed by atoms with van der Waals surface area (Å²) in [5.74, 6) is -1.69. The van der Waals surface area contributed by atoms with E-state index in [1.807, 2.05) is 42.3 Å². The van der Waals surface area contributed by atoms with Crippen LogP contribution in [0.1, 0.15) is 17.5 Å². The summed E-state index contributed by atoms with van der Waals surface area (Å²) in [5.41, 5.74) is 1.29. The Kier molecular flexibility index (Phi) is 4.70. The molecule has 2 fully saturated rings. The van der Waals surface area contributed by atoms with E-state index in [1.54, 1.807) is 6.07 Å². The molecule has 6 heteroatoms. The minimum Gasteiger partial charge on any atom is -0.364 e. The van der Waals surface area contributed by atoms with E-state index in [1.165, 1.54) is 6.07 Å². The minimum atomic E-state index is -0.837. The Morgan fingerprint density at radius 2 is 1.93 bits per heavy atom. The number of benzene rings is 2. The van der Waals surface area contributed by atoms with Crippen LogP contribution in [0.5, 0.6) is 0 Å². The number of amides is 1. The summed E-state index contributed by atoms with van der Waals surface area (Å²) in [5, 5.41) is 0. The Balaban J connectivity index is 1.59. The number of halogens is 2. The van der Waals surface area contributed by atoms with Gasteiger partial charge in [-0.15, -0.1) is 0 Å². The zero-order valence-electron chi connectivity index (χ0n) is 15.2. The summed E-state index contributed by atoms with van der Waals surface area (Å²) in [7, 11) is 1.84. The molecule has 0 bridgehead atoms. The lowest BCUT2D eigenvalue weighted by Crippen LogP contribution is -2.66. The molecular weight excluding hydrogens is 350 g/mol. The van der Waals surface area contributed by atoms with Crippen LogP contribution in [-0.4, -0.2) is 48.6 Å². The van der Waals surface area contributed by atoms with Gasteiger partial charge in [0.05, 0.1) is 11.6 Å². The smallest absolute Gasteiger partial charge is 0.249 e. The van der Waals surface area contributed by atoms with Crippen molar-refractivity contribution in [2.24, 2.45) is 0 Å². The number of fused-ring (bicyclic) bond motifs is 1. The highest BCUT2D eigenvalue weighted by Crippen LogP contribution is 2.42. The van der Waals surface area contributed by atoms with Gasteiger partial charge < -0.3 is 9.64 Å². The molecule has 0 aromatic heterocycles. The van der Waals surface area contributed by atoms with Crippen molar-refractivity contribution in [1.29, 1.82) is 0 Å². The molecule has 142 valence electrons. The van der Waals surface area contributed by atoms with E-state index in [2.05, 4.69) is 4.90 Å². The maximum atomic E-state index is 13.5. The van der Waals surface area contributed by atoms with Gasteiger partial charge in [0.15, 0.2) is 11.6 Å². The first-order chi connectivity index (χ1) is 13.0. The van der Waals surface area contributed by atoms with E-state index in [-0.39, 0.29) is 18.6 Å². The molecule has 2 aromatic carbocycles. The highest BCUT2D eigenvalue weighted by atomic mass is 19.2. The van der Waals surface area contributed by atoms with E-state index < -0.39 is 17.2 Å². The maximum absolute atomic E-state index is 13.5. The Morgan fingerprint density at radius 3 is 2.67 bits per heavy atom. The third kappa shape index (κ3) is 3.13. The summed E-state index contributed by atoms with van der Waals surface area (Å²) in [6.45, 7) is 1.92. The van der Waals surface area contributed by atoms with Gasteiger partial charge in [-0.05, 0) is 29.7 Å². The summed E-state index contributed by atoms with van der Waals surface area (Å²) in [6, 6.07) is 14.0. The minimum absolute atomic E-state index is 0.0239. The average molecular weight is 372 g/mol. The number of carbonyl (C=O) groups is 1. The van der Waals surface area contributed by atoms with Crippen molar-refractivity contribution in [3.8, 4) is 0 Å². The third-order valence-electron chi connectivity index (χ3n) is 5.81. The molecule has 2 heterocycles. The molecular formula is C21H22F2N2O2. The van der Waals surface area contributed by atoms with Gasteiger partial charge in [0, 0.05) is 26.7 Å². The summed E-state index contributed by atoms with van der Waals surface area (Å²) >= 11 is 0. The topological polar surface area (TPSA) is 32.8 Å². The summed E-state index contributed by atoms with van der Waals surface area (Å²) < 4.78 is 32.7. The van der Waals surface area contributed by atoms with E-state index in [4.69, 9.17) is 4.74 Å². The lowest BCUT2D eigenvalue weighted by Gasteiger charge is -2.55. The zero-order valence-corrected chi connectivity index (χ0v) is 15.2. The number of piperidine rings is 1. The predicted molar refractivity (Wildman–Crippen MR) is 96.9 cm³/mol. The number of ether oxygens (including phenoxy) is 1. The lowest BCUT2D eigenvalue weighted by atomic mass is 9.76. The van der Waals surface area contributed by atoms with E-state index in [0.29, 0.717) is 19.5 Å². The van der Waals surface area contributed by atoms with Gasteiger partial charge >= 0.3 is 0 Å². The van der Waals surface area contributed by atoms with Crippen LogP contribution in [0.15, 0.2) is 48.5 Å². The van der Waals surface area contributed by atoms with Crippen molar-refractivity contribution >= 4 is 5.91 Å². The number of likely N-dealkylation sites (tertiary alicyclic amines) is 1. The number of morpholine rings is 1. The van der Waals surface area contributed by atoms with Gasteiger partial charge in [0.1, 0.15) is 6.61 Å². The molecule has 0 unspecified atom stereocenters. The first kappa shape index (κ1) is 18.1. The second-order valence-corrected chi connectivity index (χ2v) is 7.28. The lowest BCUT2D eigenvalue weighted by molar-refractivity contribution is -0.183. The van der Waals surface area contributed by atoms with Crippen LogP contribution in [0, 0.1) is 11.6 Å². The van der Waals surface area contributed by atoms with E-state index in [0.717, 1.165) is 23.7 Å². The van der Waals surface area contributed by atoms with Crippen LogP contribution in [0.4, 0.5) is 8.78 Å². The van der Waals surface area contributed by atoms with Crippen LogP contribution in [0.25, 0.3) is 0 Å². The Bertz CT molecular complexity index is 845. The Labute approximate surface area is 157 Å². The molecule has 1 amide bonds. The maximum Gasteiger partial charge on any atom is 0.249 e. The second-order valence-electron chi connectivity index (χ2n) is 7.28. The van der Waals surface area contributed by atoms with Crippen LogP contribution in [-0.2, 0) is 21.6 Å². The van der Waals surface area contributed by atoms with Gasteiger partial charge in [-0.1, -0.05) is 36.4 Å². The Hall–Kier alpha value is -2.31. The van der Waals surface area contributed by atoms with Crippen molar-refractivity contribution in [3.63, 3.8) is 0 Å². The average Bonchev–Trinajstić information content (AvgIpc) is 2.69. The van der Waals surface area contributed by atoms with Crippen LogP contribution in [0.3, 0.4) is 0 Å². The number of rotatable bonds is 3. The molecule has 27 heavy (non-hydrogen) atoms. The quantitative estimate of drug-likeness (QED) is 0.831. The molecule has 0 spiro atoms. The molecule has 2 aromatic rings. The summed E-state index contributed by atoms with van der Waals surface area (Å²) in [6.07, 6.45) is 0.537. The van der Waals surface area contributed by atoms with Crippen molar-refractivity contribution in [2.75, 3.05) is 26.7 Å². The SMILES string of the molecule is CN1C(=O)CO[C@@H]2CN(Cc3ccc(F)c(F)c3)CC[C@]21c1ccccc1. The molecule has 0 N–H and O–H groups in total. The number of hydrogen-bond acceptors (Lipinski definition) is 3. The van der Waals surface area contributed by atoms with Crippen LogP contribution < -0.4 is 0 Å². The monoisotopic (exact) mass is 372 g/mol. The highest BCUT2D eigenvalue weighted by Gasteiger charge is 2.52. The number of likely N-dealkylation sites (N-methyl/N-ethyl adjacent to an activating group) is 1. The van der Waals surface area contributed by atoms with Crippen molar-refractivity contribution in [1.82, 2.24) is 9.80 Å². The van der Waals surface area contributed by atoms with Gasteiger partial charge in [0.2, 0.25) is 5.91 Å². The molecule has 2 aliphatic heterocycles. The third-order valence-corrected chi connectivity index (χ3v) is 5.81. The molecule has 0 radical (unpaired) electrons. The standard InChI is InChI=1S/C21H22F2N2O2/c1-24-20(26)14-27-19-13-25(12-15-7-8-17(22)18(23)11-15)10-9-21(19,24)16-5-3-2-4-6-16/h2-8,11,19H,9-10,12-14H2,1H3/t19-,21+/m1/s1. The first-order valence-corrected chi connectivity index (χ1v) is 9.11. The predicted octanol–water partition coefficient (Wildman–Crippen LogP) is 2.92. The zero-order chi connectivity index (χ0) is 19.0. The molecule has 0 saturated carbocycles. The van der Waals surface area contributed by atoms with Crippen molar-refractivity contribution in [2.45, 2.75) is 24.6 Å². The van der Waals surface area contributed by atoms with Crippen molar-refractivity contribution in [3.05, 3.63) is 71.3 Å². The number of nitrogens with zero attached hydrogens (tertiary/aromatic N) is 2. The normalized spacial score (nSPS) is 26.1. The molecule has 2 atom stereocenters. The number of hydrogen-bond donors (Lipinski definition) is 0. The fraction of sp³-hybridized carbons (Fsp3) is 0.381. The summed E-state index contributed by atoms with van der Waals surface area (Å²) in [4.78, 5) is 16.4. The Morgan fingerprint density at radius 1 is 1.15 bits per heavy atom. The van der Waals surface area contributed by atoms with Crippen LogP contribution in [0.2, 0.25) is 0 Å². The van der Waals surface area contributed by atoms with Gasteiger partial charge in [-0.2, -0.15) is 0 Å². The molecule has 2 aliphatic rings. The van der Waals surface area contributed by atoms with Gasteiger partial charge in [0.25, 0.3) is 0 Å². The van der Waals surface area contributed by atoms with Crippen LogP contribution >= 0.6 is 0 Å². The first-order valence-electron chi connectivity index (χ1n) is 9.11. The van der Waals surface area contributed by atoms with Crippen molar-refractivity contribution < 1.29 is 18.3 Å². The molecule has 2 saturated heterocycles. The highest BCUT2D eigenvalue weighted by molar-refractivity contribution is 5.79. The largest absolute Gasteiger partial charge is 0.364 e. The molecule has 4 rings (SSSR count). The molecule has 0 aliphatic carbocycles. The molecule has 4 nitrogen and oxygen atoms in total. The van der Waals surface area contributed by atoms with Gasteiger partial charge in [-0.3, -0.25) is 9.69 Å². The fourth-order valence-electron chi connectivity index (χ4n) is 4.32. The van der Waals surface area contributed by atoms with Gasteiger partial charge in [-0.25, -0.2) is 8.78 Å². The fourth-order valence-corrected chi connectivity index (χ4v) is 4.32. The van der Waals surface area contributed by atoms with E-state index in [9.17, 15) is 13.6 Å². The van der Waals surface area contributed by atoms with E-state index >= 15 is 0 Å². The second kappa shape index (κ2) is 7.02.